The van der Waals surface area contributed by atoms with E-state index >= 15 is 0 Å². The van der Waals surface area contributed by atoms with Gasteiger partial charge < -0.3 is 15.8 Å². The first kappa shape index (κ1) is 20.1. The number of hydrogen-bond donors (Lipinski definition) is 2. The minimum Gasteiger partial charge on any atom is -0.492 e. The summed E-state index contributed by atoms with van der Waals surface area (Å²) in [6, 6.07) is 4.83. The average Bonchev–Trinajstić information content (AvgIpc) is 3.35. The Bertz CT molecular complexity index is 775. The van der Waals surface area contributed by atoms with Gasteiger partial charge in [-0.05, 0) is 63.3 Å². The van der Waals surface area contributed by atoms with Gasteiger partial charge in [-0.3, -0.25) is 4.79 Å². The zero-order valence-electron chi connectivity index (χ0n) is 15.8. The monoisotopic (exact) mass is 395 g/mol. The molecular weight excluding hydrogens is 366 g/mol. The maximum atomic E-state index is 13.0. The van der Waals surface area contributed by atoms with E-state index < -0.39 is 10.0 Å². The van der Waals surface area contributed by atoms with Crippen molar-refractivity contribution in [2.45, 2.75) is 43.9 Å². The van der Waals surface area contributed by atoms with Gasteiger partial charge in [-0.25, -0.2) is 8.42 Å². The van der Waals surface area contributed by atoms with Gasteiger partial charge in [-0.2, -0.15) is 4.31 Å². The smallest absolute Gasteiger partial charge is 0.246 e. The molecule has 150 valence electrons. The summed E-state index contributed by atoms with van der Waals surface area (Å²) in [5.74, 6) is 0.320. The van der Waals surface area contributed by atoms with Crippen molar-refractivity contribution in [3.8, 4) is 5.75 Å². The average molecular weight is 396 g/mol. The maximum Gasteiger partial charge on any atom is 0.246 e. The number of benzene rings is 1. The standard InChI is InChI=1S/C19H29N3O4S/c1-2-26-17-9-8-15(21-19(23)16-7-5-6-14(16)13-20)12-18(17)27(24,25)22-10-3-4-11-22/h8-9,12,14,16H,2-7,10-11,13,20H2,1H3,(H,21,23)/t14-,16-/m1/s1. The van der Waals surface area contributed by atoms with E-state index in [4.69, 9.17) is 10.5 Å². The predicted molar refractivity (Wildman–Crippen MR) is 104 cm³/mol. The van der Waals surface area contributed by atoms with Crippen molar-refractivity contribution in [2.75, 3.05) is 31.6 Å². The molecule has 1 aliphatic carbocycles. The lowest BCUT2D eigenvalue weighted by Crippen LogP contribution is -2.30. The molecule has 3 N–H and O–H groups in total. The van der Waals surface area contributed by atoms with Crippen molar-refractivity contribution in [1.82, 2.24) is 4.31 Å². The third-order valence-corrected chi connectivity index (χ3v) is 7.41. The van der Waals surface area contributed by atoms with Crippen LogP contribution in [0.15, 0.2) is 23.1 Å². The number of nitrogens with zero attached hydrogens (tertiary/aromatic N) is 1. The van der Waals surface area contributed by atoms with Gasteiger partial charge in [0.05, 0.1) is 6.61 Å². The summed E-state index contributed by atoms with van der Waals surface area (Å²) in [5, 5.41) is 2.89. The first-order valence-electron chi connectivity index (χ1n) is 9.75. The lowest BCUT2D eigenvalue weighted by atomic mass is 9.95. The van der Waals surface area contributed by atoms with Crippen molar-refractivity contribution in [2.24, 2.45) is 17.6 Å². The molecule has 1 aromatic carbocycles. The molecule has 27 heavy (non-hydrogen) atoms. The normalized spacial score (nSPS) is 23.5. The molecule has 2 fully saturated rings. The summed E-state index contributed by atoms with van der Waals surface area (Å²) < 4.78 is 33.1. The highest BCUT2D eigenvalue weighted by molar-refractivity contribution is 7.89. The van der Waals surface area contributed by atoms with Crippen LogP contribution >= 0.6 is 0 Å². The fourth-order valence-corrected chi connectivity index (χ4v) is 5.70. The summed E-state index contributed by atoms with van der Waals surface area (Å²) in [4.78, 5) is 12.8. The highest BCUT2D eigenvalue weighted by atomic mass is 32.2. The number of rotatable bonds is 7. The van der Waals surface area contributed by atoms with E-state index in [0.29, 0.717) is 37.7 Å². The third-order valence-electron chi connectivity index (χ3n) is 5.49. The van der Waals surface area contributed by atoms with Gasteiger partial charge in [0.2, 0.25) is 15.9 Å². The highest BCUT2D eigenvalue weighted by Gasteiger charge is 2.33. The van der Waals surface area contributed by atoms with Gasteiger partial charge in [-0.1, -0.05) is 6.42 Å². The van der Waals surface area contributed by atoms with Crippen LogP contribution in [0.5, 0.6) is 5.75 Å². The van der Waals surface area contributed by atoms with E-state index in [1.54, 1.807) is 12.1 Å². The molecule has 1 aromatic rings. The minimum absolute atomic E-state index is 0.0865. The van der Waals surface area contributed by atoms with E-state index in [0.717, 1.165) is 32.1 Å². The molecule has 7 nitrogen and oxygen atoms in total. The summed E-state index contributed by atoms with van der Waals surface area (Å²) in [6.07, 6.45) is 4.51. The molecule has 0 spiro atoms. The number of hydrogen-bond acceptors (Lipinski definition) is 5. The van der Waals surface area contributed by atoms with Crippen LogP contribution in [0.25, 0.3) is 0 Å². The summed E-state index contributed by atoms with van der Waals surface area (Å²) in [5.41, 5.74) is 6.25. The van der Waals surface area contributed by atoms with Crippen LogP contribution in [0.2, 0.25) is 0 Å². The second-order valence-corrected chi connectivity index (χ2v) is 9.13. The summed E-state index contributed by atoms with van der Waals surface area (Å²) in [6.45, 7) is 3.72. The summed E-state index contributed by atoms with van der Waals surface area (Å²) >= 11 is 0. The molecule has 1 heterocycles. The molecule has 1 saturated heterocycles. The Labute approximate surface area is 161 Å². The minimum atomic E-state index is -3.65. The molecule has 2 atom stereocenters. The number of nitrogens with one attached hydrogen (secondary N) is 1. The molecule has 1 aliphatic heterocycles. The quantitative estimate of drug-likeness (QED) is 0.737. The van der Waals surface area contributed by atoms with Crippen molar-refractivity contribution < 1.29 is 17.9 Å². The Morgan fingerprint density at radius 3 is 2.67 bits per heavy atom. The molecule has 0 aromatic heterocycles. The molecule has 0 unspecified atom stereocenters. The Morgan fingerprint density at radius 1 is 1.26 bits per heavy atom. The van der Waals surface area contributed by atoms with Crippen LogP contribution in [0.3, 0.4) is 0 Å². The van der Waals surface area contributed by atoms with Gasteiger partial charge in [0, 0.05) is 24.7 Å². The van der Waals surface area contributed by atoms with Gasteiger partial charge in [0.25, 0.3) is 0 Å². The zero-order valence-corrected chi connectivity index (χ0v) is 16.6. The zero-order chi connectivity index (χ0) is 19.4. The van der Waals surface area contributed by atoms with Crippen molar-refractivity contribution >= 4 is 21.6 Å². The van der Waals surface area contributed by atoms with Crippen molar-refractivity contribution in [3.63, 3.8) is 0 Å². The maximum absolute atomic E-state index is 13.0. The van der Waals surface area contributed by atoms with E-state index in [2.05, 4.69) is 5.32 Å². The van der Waals surface area contributed by atoms with E-state index in [1.807, 2.05) is 6.92 Å². The number of carbonyl (C=O) groups excluding carboxylic acids is 1. The van der Waals surface area contributed by atoms with Crippen LogP contribution in [0.4, 0.5) is 5.69 Å². The molecule has 0 bridgehead atoms. The van der Waals surface area contributed by atoms with Crippen molar-refractivity contribution in [3.05, 3.63) is 18.2 Å². The van der Waals surface area contributed by atoms with Gasteiger partial charge in [-0.15, -0.1) is 0 Å². The number of amides is 1. The molecule has 1 amide bonds. The first-order chi connectivity index (χ1) is 13.0. The Kier molecular flexibility index (Phi) is 6.39. The van der Waals surface area contributed by atoms with Gasteiger partial charge in [0.15, 0.2) is 0 Å². The fraction of sp³-hybridized carbons (Fsp3) is 0.632. The van der Waals surface area contributed by atoms with E-state index in [1.165, 1.54) is 10.4 Å². The number of nitrogens with two attached hydrogens (primary N) is 1. The van der Waals surface area contributed by atoms with E-state index in [9.17, 15) is 13.2 Å². The molecule has 0 radical (unpaired) electrons. The molecule has 8 heteroatoms. The largest absolute Gasteiger partial charge is 0.492 e. The second-order valence-electron chi connectivity index (χ2n) is 7.23. The highest BCUT2D eigenvalue weighted by Crippen LogP contribution is 2.34. The molecule has 3 rings (SSSR count). The fourth-order valence-electron chi connectivity index (χ4n) is 4.03. The van der Waals surface area contributed by atoms with Crippen LogP contribution in [0.1, 0.15) is 39.0 Å². The summed E-state index contributed by atoms with van der Waals surface area (Å²) in [7, 11) is -3.65. The molecule has 2 aliphatic rings. The number of sulfonamides is 1. The number of carbonyl (C=O) groups is 1. The van der Waals surface area contributed by atoms with E-state index in [-0.39, 0.29) is 22.6 Å². The number of anilines is 1. The SMILES string of the molecule is CCOc1ccc(NC(=O)[C@@H]2CCC[C@@H]2CN)cc1S(=O)(=O)N1CCCC1. The third kappa shape index (κ3) is 4.28. The lowest BCUT2D eigenvalue weighted by Gasteiger charge is -2.20. The Morgan fingerprint density at radius 2 is 2.00 bits per heavy atom. The first-order valence-corrected chi connectivity index (χ1v) is 11.2. The van der Waals surface area contributed by atoms with Gasteiger partial charge in [0.1, 0.15) is 10.6 Å². The van der Waals surface area contributed by atoms with Crippen molar-refractivity contribution in [1.29, 1.82) is 0 Å². The van der Waals surface area contributed by atoms with Crippen LogP contribution in [0, 0.1) is 11.8 Å². The Hall–Kier alpha value is -1.64. The lowest BCUT2D eigenvalue weighted by molar-refractivity contribution is -0.120. The van der Waals surface area contributed by atoms with Crippen LogP contribution in [-0.2, 0) is 14.8 Å². The predicted octanol–water partition coefficient (Wildman–Crippen LogP) is 2.18. The van der Waals surface area contributed by atoms with Crippen LogP contribution < -0.4 is 15.8 Å². The topological polar surface area (TPSA) is 102 Å². The van der Waals surface area contributed by atoms with Gasteiger partial charge >= 0.3 is 0 Å². The second kappa shape index (κ2) is 8.58. The Balaban J connectivity index is 1.86. The molecule has 1 saturated carbocycles. The van der Waals surface area contributed by atoms with Crippen LogP contribution in [-0.4, -0.2) is 44.9 Å². The molecular formula is C19H29N3O4S. The number of ether oxygens (including phenoxy) is 1.